The first-order valence-electron chi connectivity index (χ1n) is 10.9. The minimum absolute atomic E-state index is 0. The second-order valence-electron chi connectivity index (χ2n) is 8.01. The number of hydrogen-bond acceptors (Lipinski definition) is 4. The monoisotopic (exact) mass is 539 g/mol. The lowest BCUT2D eigenvalue weighted by molar-refractivity contribution is 0.462. The topological polar surface area (TPSA) is 42.9 Å². The van der Waals surface area contributed by atoms with Crippen molar-refractivity contribution in [2.75, 3.05) is 49.1 Å². The molecule has 1 aromatic carbocycles. The molecule has 4 rings (SSSR count). The highest BCUT2D eigenvalue weighted by Crippen LogP contribution is 2.25. The number of benzene rings is 1. The number of anilines is 2. The van der Waals surface area contributed by atoms with Crippen LogP contribution >= 0.6 is 35.3 Å². The van der Waals surface area contributed by atoms with Crippen LogP contribution < -0.4 is 20.4 Å². The summed E-state index contributed by atoms with van der Waals surface area (Å²) in [5.74, 6) is 1.62. The molecule has 0 aliphatic carbocycles. The van der Waals surface area contributed by atoms with Crippen molar-refractivity contribution in [2.45, 2.75) is 32.2 Å². The van der Waals surface area contributed by atoms with E-state index in [1.807, 2.05) is 11.3 Å². The maximum absolute atomic E-state index is 4.94. The van der Waals surface area contributed by atoms with Crippen molar-refractivity contribution in [2.24, 2.45) is 10.9 Å². The predicted molar refractivity (Wildman–Crippen MR) is 141 cm³/mol. The SMILES string of the molecule is CCNC(=NCC1CCN(c2ccccc2)C1)NC1CCN(c2cccs2)CC1.I. The Labute approximate surface area is 202 Å². The average molecular weight is 540 g/mol. The van der Waals surface area contributed by atoms with E-state index in [-0.39, 0.29) is 24.0 Å². The van der Waals surface area contributed by atoms with Crippen molar-refractivity contribution in [3.8, 4) is 0 Å². The van der Waals surface area contributed by atoms with Gasteiger partial charge in [-0.05, 0) is 61.7 Å². The van der Waals surface area contributed by atoms with Gasteiger partial charge in [0.15, 0.2) is 5.96 Å². The van der Waals surface area contributed by atoms with Crippen LogP contribution in [0.1, 0.15) is 26.2 Å². The Kier molecular flexibility index (Phi) is 9.11. The Morgan fingerprint density at radius 1 is 1.03 bits per heavy atom. The van der Waals surface area contributed by atoms with Gasteiger partial charge < -0.3 is 20.4 Å². The van der Waals surface area contributed by atoms with Gasteiger partial charge in [0.05, 0.1) is 5.00 Å². The molecular weight excluding hydrogens is 505 g/mol. The second-order valence-corrected chi connectivity index (χ2v) is 8.94. The highest BCUT2D eigenvalue weighted by Gasteiger charge is 2.23. The van der Waals surface area contributed by atoms with Crippen LogP contribution in [0.15, 0.2) is 52.8 Å². The molecule has 2 fully saturated rings. The van der Waals surface area contributed by atoms with Crippen LogP contribution in [-0.2, 0) is 0 Å². The Morgan fingerprint density at radius 3 is 2.50 bits per heavy atom. The third kappa shape index (κ3) is 6.26. The van der Waals surface area contributed by atoms with Crippen LogP contribution in [0.3, 0.4) is 0 Å². The maximum atomic E-state index is 4.94. The van der Waals surface area contributed by atoms with Gasteiger partial charge in [-0.25, -0.2) is 0 Å². The molecule has 2 saturated heterocycles. The zero-order valence-corrected chi connectivity index (χ0v) is 20.9. The summed E-state index contributed by atoms with van der Waals surface area (Å²) in [6, 6.07) is 15.6. The number of rotatable bonds is 6. The molecule has 2 N–H and O–H groups in total. The van der Waals surface area contributed by atoms with Gasteiger partial charge in [-0.1, -0.05) is 18.2 Å². The van der Waals surface area contributed by atoms with Gasteiger partial charge in [-0.3, -0.25) is 4.99 Å². The molecule has 2 aromatic rings. The summed E-state index contributed by atoms with van der Waals surface area (Å²) in [6.07, 6.45) is 3.54. The number of aliphatic imine (C=N–C) groups is 1. The first kappa shape index (κ1) is 23.2. The summed E-state index contributed by atoms with van der Waals surface area (Å²) in [7, 11) is 0. The summed E-state index contributed by atoms with van der Waals surface area (Å²) >= 11 is 1.84. The molecule has 1 atom stereocenters. The van der Waals surface area contributed by atoms with Crippen molar-refractivity contribution in [3.05, 3.63) is 47.8 Å². The van der Waals surface area contributed by atoms with E-state index in [1.165, 1.54) is 17.1 Å². The first-order chi connectivity index (χ1) is 14.3. The Bertz CT molecular complexity index is 759. The van der Waals surface area contributed by atoms with E-state index in [0.717, 1.165) is 58.1 Å². The molecule has 3 heterocycles. The molecule has 7 heteroatoms. The summed E-state index contributed by atoms with van der Waals surface area (Å²) in [5.41, 5.74) is 1.33. The summed E-state index contributed by atoms with van der Waals surface area (Å²) in [6.45, 7) is 8.41. The number of guanidine groups is 1. The lowest BCUT2D eigenvalue weighted by Gasteiger charge is -2.33. The van der Waals surface area contributed by atoms with E-state index in [0.29, 0.717) is 12.0 Å². The number of para-hydroxylation sites is 1. The molecule has 1 unspecified atom stereocenters. The second kappa shape index (κ2) is 11.8. The van der Waals surface area contributed by atoms with Gasteiger partial charge in [-0.15, -0.1) is 35.3 Å². The Balaban J connectivity index is 0.00000256. The van der Waals surface area contributed by atoms with Crippen molar-refractivity contribution in [3.63, 3.8) is 0 Å². The van der Waals surface area contributed by atoms with Crippen molar-refractivity contribution >= 4 is 52.0 Å². The van der Waals surface area contributed by atoms with Crippen LogP contribution in [0.2, 0.25) is 0 Å². The zero-order chi connectivity index (χ0) is 19.9. The first-order valence-corrected chi connectivity index (χ1v) is 11.8. The zero-order valence-electron chi connectivity index (χ0n) is 17.8. The molecule has 2 aliphatic rings. The Morgan fingerprint density at radius 2 is 1.80 bits per heavy atom. The van der Waals surface area contributed by atoms with Crippen LogP contribution in [0.4, 0.5) is 10.7 Å². The molecule has 5 nitrogen and oxygen atoms in total. The largest absolute Gasteiger partial charge is 0.371 e. The van der Waals surface area contributed by atoms with Crippen LogP contribution in [-0.4, -0.2) is 51.3 Å². The molecule has 0 saturated carbocycles. The van der Waals surface area contributed by atoms with Crippen molar-refractivity contribution in [1.82, 2.24) is 10.6 Å². The van der Waals surface area contributed by atoms with E-state index in [4.69, 9.17) is 4.99 Å². The molecule has 30 heavy (non-hydrogen) atoms. The van der Waals surface area contributed by atoms with E-state index < -0.39 is 0 Å². The van der Waals surface area contributed by atoms with Gasteiger partial charge in [0, 0.05) is 51.0 Å². The fourth-order valence-corrected chi connectivity index (χ4v) is 5.07. The van der Waals surface area contributed by atoms with Gasteiger partial charge in [0.2, 0.25) is 0 Å². The van der Waals surface area contributed by atoms with Crippen molar-refractivity contribution in [1.29, 1.82) is 0 Å². The average Bonchev–Trinajstić information content (AvgIpc) is 3.46. The van der Waals surface area contributed by atoms with E-state index >= 15 is 0 Å². The number of nitrogens with one attached hydrogen (secondary N) is 2. The van der Waals surface area contributed by atoms with Crippen molar-refractivity contribution < 1.29 is 0 Å². The molecule has 0 amide bonds. The third-order valence-electron chi connectivity index (χ3n) is 5.91. The summed E-state index contributed by atoms with van der Waals surface area (Å²) in [5, 5.41) is 10.7. The molecule has 2 aliphatic heterocycles. The highest BCUT2D eigenvalue weighted by atomic mass is 127. The Hall–Kier alpha value is -1.48. The van der Waals surface area contributed by atoms with Crippen LogP contribution in [0, 0.1) is 5.92 Å². The van der Waals surface area contributed by atoms with Crippen LogP contribution in [0.5, 0.6) is 0 Å². The molecular formula is C23H34IN5S. The standard InChI is InChI=1S/C23H33N5S.HI/c1-2-24-23(26-20-11-14-27(15-12-20)22-9-6-16-29-22)25-17-19-10-13-28(18-19)21-7-4-3-5-8-21;/h3-9,16,19-20H,2,10-15,17-18H2,1H3,(H2,24,25,26);1H. The molecule has 164 valence electrons. The fraction of sp³-hybridized carbons (Fsp3) is 0.522. The maximum Gasteiger partial charge on any atom is 0.191 e. The predicted octanol–water partition coefficient (Wildman–Crippen LogP) is 4.42. The lowest BCUT2D eigenvalue weighted by atomic mass is 10.1. The van der Waals surface area contributed by atoms with E-state index in [1.54, 1.807) is 0 Å². The number of nitrogens with zero attached hydrogens (tertiary/aromatic N) is 3. The molecule has 1 aromatic heterocycles. The normalized spacial score (nSPS) is 20.2. The van der Waals surface area contributed by atoms with Crippen LogP contribution in [0.25, 0.3) is 0 Å². The van der Waals surface area contributed by atoms with E-state index in [2.05, 4.69) is 75.2 Å². The number of piperidine rings is 1. The number of halogens is 1. The minimum Gasteiger partial charge on any atom is -0.371 e. The van der Waals surface area contributed by atoms with Gasteiger partial charge in [0.1, 0.15) is 0 Å². The lowest BCUT2D eigenvalue weighted by Crippen LogP contribution is -2.48. The van der Waals surface area contributed by atoms with Gasteiger partial charge in [0.25, 0.3) is 0 Å². The summed E-state index contributed by atoms with van der Waals surface area (Å²) in [4.78, 5) is 9.93. The van der Waals surface area contributed by atoms with E-state index in [9.17, 15) is 0 Å². The minimum atomic E-state index is 0. The van der Waals surface area contributed by atoms with Gasteiger partial charge >= 0.3 is 0 Å². The summed E-state index contributed by atoms with van der Waals surface area (Å²) < 4.78 is 0. The smallest absolute Gasteiger partial charge is 0.191 e. The quantitative estimate of drug-likeness (QED) is 0.324. The molecule has 0 radical (unpaired) electrons. The molecule has 0 bridgehead atoms. The highest BCUT2D eigenvalue weighted by molar-refractivity contribution is 14.0. The van der Waals surface area contributed by atoms with Gasteiger partial charge in [-0.2, -0.15) is 0 Å². The number of hydrogen-bond donors (Lipinski definition) is 2. The fourth-order valence-electron chi connectivity index (χ4n) is 4.28. The molecule has 0 spiro atoms. The third-order valence-corrected chi connectivity index (χ3v) is 6.84. The number of thiophene rings is 1.